The van der Waals surface area contributed by atoms with Crippen LogP contribution in [0.3, 0.4) is 0 Å². The predicted octanol–water partition coefficient (Wildman–Crippen LogP) is 1.53. The van der Waals surface area contributed by atoms with E-state index < -0.39 is 29.0 Å². The van der Waals surface area contributed by atoms with Crippen LogP contribution in [0.15, 0.2) is 35.4 Å². The number of hydrogen-bond donors (Lipinski definition) is 2. The topological polar surface area (TPSA) is 104 Å². The normalized spacial score (nSPS) is 11.9. The quantitative estimate of drug-likeness (QED) is 0.753. The number of benzene rings is 1. The molecule has 0 saturated heterocycles. The van der Waals surface area contributed by atoms with Crippen LogP contribution >= 0.6 is 0 Å². The SMILES string of the molecule is Cn1ncc2c(=O)c(C(=O)N[C@@H](C#N)c3ccc(F)cc3F)c[nH]c21. The molecule has 0 saturated carbocycles. The lowest BCUT2D eigenvalue weighted by Gasteiger charge is -2.12. The first-order chi connectivity index (χ1) is 11.9. The molecule has 2 heterocycles. The van der Waals surface area contributed by atoms with Gasteiger partial charge in [0.2, 0.25) is 5.43 Å². The minimum atomic E-state index is -1.38. The van der Waals surface area contributed by atoms with E-state index in [1.807, 2.05) is 0 Å². The van der Waals surface area contributed by atoms with Crippen molar-refractivity contribution in [2.45, 2.75) is 6.04 Å². The Hall–Kier alpha value is -3.54. The molecule has 25 heavy (non-hydrogen) atoms. The van der Waals surface area contributed by atoms with Crippen molar-refractivity contribution in [3.63, 3.8) is 0 Å². The number of carbonyl (C=O) groups is 1. The molecule has 0 aliphatic rings. The number of halogens is 2. The average molecular weight is 343 g/mol. The summed E-state index contributed by atoms with van der Waals surface area (Å²) in [4.78, 5) is 27.5. The zero-order chi connectivity index (χ0) is 18.1. The van der Waals surface area contributed by atoms with Crippen LogP contribution in [0, 0.1) is 23.0 Å². The van der Waals surface area contributed by atoms with Crippen molar-refractivity contribution < 1.29 is 13.6 Å². The maximum absolute atomic E-state index is 13.8. The molecule has 0 fully saturated rings. The van der Waals surface area contributed by atoms with Crippen LogP contribution in [-0.2, 0) is 7.05 Å². The number of rotatable bonds is 3. The fraction of sp³-hybridized carbons (Fsp3) is 0.125. The van der Waals surface area contributed by atoms with Gasteiger partial charge in [0.05, 0.1) is 17.7 Å². The summed E-state index contributed by atoms with van der Waals surface area (Å²) >= 11 is 0. The maximum Gasteiger partial charge on any atom is 0.258 e. The van der Waals surface area contributed by atoms with Crippen molar-refractivity contribution in [1.29, 1.82) is 5.26 Å². The van der Waals surface area contributed by atoms with E-state index in [0.717, 1.165) is 12.1 Å². The van der Waals surface area contributed by atoms with E-state index in [9.17, 15) is 23.6 Å². The smallest absolute Gasteiger partial charge is 0.258 e. The second-order valence-electron chi connectivity index (χ2n) is 5.26. The van der Waals surface area contributed by atoms with Gasteiger partial charge in [-0.2, -0.15) is 10.4 Å². The highest BCUT2D eigenvalue weighted by Gasteiger charge is 2.21. The summed E-state index contributed by atoms with van der Waals surface area (Å²) in [6.07, 6.45) is 2.50. The highest BCUT2D eigenvalue weighted by molar-refractivity contribution is 5.97. The number of H-pyrrole nitrogens is 1. The minimum absolute atomic E-state index is 0.198. The van der Waals surface area contributed by atoms with Crippen LogP contribution in [0.4, 0.5) is 8.78 Å². The van der Waals surface area contributed by atoms with Crippen molar-refractivity contribution >= 4 is 16.9 Å². The van der Waals surface area contributed by atoms with E-state index >= 15 is 0 Å². The van der Waals surface area contributed by atoms with E-state index in [0.29, 0.717) is 11.7 Å². The van der Waals surface area contributed by atoms with Gasteiger partial charge in [-0.25, -0.2) is 8.78 Å². The monoisotopic (exact) mass is 343 g/mol. The lowest BCUT2D eigenvalue weighted by atomic mass is 10.1. The lowest BCUT2D eigenvalue weighted by Crippen LogP contribution is -2.32. The minimum Gasteiger partial charge on any atom is -0.345 e. The van der Waals surface area contributed by atoms with Crippen molar-refractivity contribution in [3.05, 3.63) is 63.6 Å². The number of carbonyl (C=O) groups excluding carboxylic acids is 1. The number of pyridine rings is 1. The number of aromatic amines is 1. The molecule has 1 aromatic carbocycles. The van der Waals surface area contributed by atoms with Gasteiger partial charge in [-0.3, -0.25) is 14.3 Å². The maximum atomic E-state index is 13.8. The fourth-order valence-corrected chi connectivity index (χ4v) is 2.42. The Balaban J connectivity index is 1.94. The van der Waals surface area contributed by atoms with E-state index in [-0.39, 0.29) is 16.5 Å². The van der Waals surface area contributed by atoms with Gasteiger partial charge < -0.3 is 10.3 Å². The summed E-state index contributed by atoms with van der Waals surface area (Å²) in [6, 6.07) is 2.99. The molecule has 0 unspecified atom stereocenters. The number of hydrogen-bond acceptors (Lipinski definition) is 4. The molecule has 0 radical (unpaired) electrons. The van der Waals surface area contributed by atoms with Gasteiger partial charge in [0.15, 0.2) is 0 Å². The fourth-order valence-electron chi connectivity index (χ4n) is 2.42. The first-order valence-corrected chi connectivity index (χ1v) is 7.11. The molecule has 126 valence electrons. The third kappa shape index (κ3) is 2.85. The Kier molecular flexibility index (Phi) is 4.02. The standard InChI is InChI=1S/C16H11F2N5O2/c1-23-15-10(7-21-23)14(24)11(6-20-15)16(25)22-13(5-19)9-3-2-8(17)4-12(9)18/h2-4,6-7,13H,1H3,(H,20,24)(H,22,25)/t13-/m0/s1. The Bertz CT molecular complexity index is 1080. The summed E-state index contributed by atoms with van der Waals surface area (Å²) in [5, 5.41) is 15.6. The number of fused-ring (bicyclic) bond motifs is 1. The summed E-state index contributed by atoms with van der Waals surface area (Å²) in [5.41, 5.74) is -0.585. The molecule has 1 atom stereocenters. The zero-order valence-electron chi connectivity index (χ0n) is 12.9. The number of amides is 1. The first kappa shape index (κ1) is 16.3. The molecular formula is C16H11F2N5O2. The van der Waals surface area contributed by atoms with E-state index in [4.69, 9.17) is 0 Å². The molecule has 0 bridgehead atoms. The van der Waals surface area contributed by atoms with E-state index in [1.165, 1.54) is 17.1 Å². The van der Waals surface area contributed by atoms with Crippen molar-refractivity contribution in [2.75, 3.05) is 0 Å². The Morgan fingerprint density at radius 2 is 2.20 bits per heavy atom. The molecule has 2 N–H and O–H groups in total. The van der Waals surface area contributed by atoms with Gasteiger partial charge >= 0.3 is 0 Å². The Labute approximate surface area is 139 Å². The molecule has 2 aromatic heterocycles. The second kappa shape index (κ2) is 6.16. The molecular weight excluding hydrogens is 332 g/mol. The predicted molar refractivity (Wildman–Crippen MR) is 83.5 cm³/mol. The van der Waals surface area contributed by atoms with Crippen molar-refractivity contribution in [2.24, 2.45) is 7.05 Å². The average Bonchev–Trinajstić information content (AvgIpc) is 2.95. The summed E-state index contributed by atoms with van der Waals surface area (Å²) in [5.74, 6) is -2.63. The van der Waals surface area contributed by atoms with Crippen molar-refractivity contribution in [3.8, 4) is 6.07 Å². The van der Waals surface area contributed by atoms with Gasteiger partial charge in [-0.05, 0) is 6.07 Å². The molecule has 3 rings (SSSR count). The number of nitrogens with one attached hydrogen (secondary N) is 2. The van der Waals surface area contributed by atoms with E-state index in [1.54, 1.807) is 13.1 Å². The summed E-state index contributed by atoms with van der Waals surface area (Å²) in [7, 11) is 1.63. The zero-order valence-corrected chi connectivity index (χ0v) is 12.9. The first-order valence-electron chi connectivity index (χ1n) is 7.11. The lowest BCUT2D eigenvalue weighted by molar-refractivity contribution is 0.0943. The Morgan fingerprint density at radius 1 is 1.44 bits per heavy atom. The summed E-state index contributed by atoms with van der Waals surface area (Å²) < 4.78 is 28.2. The molecule has 7 nitrogen and oxygen atoms in total. The number of nitriles is 1. The third-order valence-electron chi connectivity index (χ3n) is 3.70. The molecule has 0 aliphatic heterocycles. The van der Waals surface area contributed by atoms with Crippen LogP contribution in [-0.4, -0.2) is 20.7 Å². The highest BCUT2D eigenvalue weighted by atomic mass is 19.1. The molecule has 9 heteroatoms. The largest absolute Gasteiger partial charge is 0.345 e. The van der Waals surface area contributed by atoms with Crippen LogP contribution in [0.5, 0.6) is 0 Å². The molecule has 0 spiro atoms. The number of aryl methyl sites for hydroxylation is 1. The van der Waals surface area contributed by atoms with Gasteiger partial charge in [0.25, 0.3) is 5.91 Å². The van der Waals surface area contributed by atoms with Gasteiger partial charge in [0, 0.05) is 24.9 Å². The van der Waals surface area contributed by atoms with Gasteiger partial charge in [0.1, 0.15) is 28.9 Å². The number of aromatic nitrogens is 3. The van der Waals surface area contributed by atoms with Gasteiger partial charge in [-0.15, -0.1) is 0 Å². The Morgan fingerprint density at radius 3 is 2.88 bits per heavy atom. The summed E-state index contributed by atoms with van der Waals surface area (Å²) in [6.45, 7) is 0. The van der Waals surface area contributed by atoms with Crippen LogP contribution < -0.4 is 10.7 Å². The van der Waals surface area contributed by atoms with Gasteiger partial charge in [-0.1, -0.05) is 6.07 Å². The molecule has 3 aromatic rings. The molecule has 0 aliphatic carbocycles. The highest BCUT2D eigenvalue weighted by Crippen LogP contribution is 2.18. The molecule has 1 amide bonds. The van der Waals surface area contributed by atoms with Crippen molar-refractivity contribution in [1.82, 2.24) is 20.1 Å². The van der Waals surface area contributed by atoms with Crippen LogP contribution in [0.1, 0.15) is 22.0 Å². The van der Waals surface area contributed by atoms with Crippen LogP contribution in [0.2, 0.25) is 0 Å². The number of nitrogens with zero attached hydrogens (tertiary/aromatic N) is 3. The van der Waals surface area contributed by atoms with Crippen LogP contribution in [0.25, 0.3) is 11.0 Å². The third-order valence-corrected chi connectivity index (χ3v) is 3.70. The van der Waals surface area contributed by atoms with E-state index in [2.05, 4.69) is 15.4 Å². The second-order valence-corrected chi connectivity index (χ2v) is 5.26.